The van der Waals surface area contributed by atoms with Gasteiger partial charge in [-0.3, -0.25) is 0 Å². The number of nitrogens with zero attached hydrogens (tertiary/aromatic N) is 2. The van der Waals surface area contributed by atoms with Gasteiger partial charge in [-0.15, -0.1) is 0 Å². The summed E-state index contributed by atoms with van der Waals surface area (Å²) < 4.78 is 2.41. The van der Waals surface area contributed by atoms with Gasteiger partial charge >= 0.3 is 0 Å². The first-order valence-corrected chi connectivity index (χ1v) is 16.1. The van der Waals surface area contributed by atoms with E-state index in [1.165, 1.54) is 65.3 Å². The van der Waals surface area contributed by atoms with Crippen molar-refractivity contribution in [1.82, 2.24) is 9.55 Å². The largest absolute Gasteiger partial charge is 0.309 e. The van der Waals surface area contributed by atoms with Gasteiger partial charge in [0.25, 0.3) is 0 Å². The number of pyridine rings is 1. The molecule has 0 bridgehead atoms. The Kier molecular flexibility index (Phi) is 5.61. The van der Waals surface area contributed by atoms with Crippen molar-refractivity contribution in [2.75, 3.05) is 0 Å². The Morgan fingerprint density at radius 2 is 1.02 bits per heavy atom. The molecule has 2 nitrogen and oxygen atoms in total. The summed E-state index contributed by atoms with van der Waals surface area (Å²) in [6.45, 7) is 0. The van der Waals surface area contributed by atoms with Gasteiger partial charge in [0.1, 0.15) is 0 Å². The van der Waals surface area contributed by atoms with Gasteiger partial charge in [0, 0.05) is 32.8 Å². The summed E-state index contributed by atoms with van der Waals surface area (Å²) in [5.41, 5.74) is 9.12. The maximum absolute atomic E-state index is 5.22. The quantitative estimate of drug-likeness (QED) is 0.186. The fraction of sp³-hybridized carbons (Fsp3) is 0. The van der Waals surface area contributed by atoms with Crippen LogP contribution in [0.5, 0.6) is 0 Å². The summed E-state index contributed by atoms with van der Waals surface area (Å²) in [4.78, 5) is 5.22. The van der Waals surface area contributed by atoms with Gasteiger partial charge in [-0.25, -0.2) is 4.98 Å². The van der Waals surface area contributed by atoms with E-state index in [4.69, 9.17) is 4.98 Å². The first kappa shape index (κ1) is 26.0. The summed E-state index contributed by atoms with van der Waals surface area (Å²) in [5.74, 6) is 0. The molecule has 0 aliphatic heterocycles. The molecule has 10 rings (SSSR count). The molecule has 2 heterocycles. The number of hydrogen-bond acceptors (Lipinski definition) is 1. The maximum Gasteiger partial charge on any atom is 0.0788 e. The van der Waals surface area contributed by atoms with Crippen molar-refractivity contribution < 1.29 is 0 Å². The third-order valence-electron chi connectivity index (χ3n) is 9.75. The van der Waals surface area contributed by atoms with Gasteiger partial charge in [0.15, 0.2) is 0 Å². The molecule has 10 aromatic rings. The molecule has 0 spiro atoms. The van der Waals surface area contributed by atoms with E-state index in [9.17, 15) is 0 Å². The van der Waals surface area contributed by atoms with Crippen molar-refractivity contribution in [3.05, 3.63) is 170 Å². The van der Waals surface area contributed by atoms with Crippen molar-refractivity contribution in [2.24, 2.45) is 0 Å². The van der Waals surface area contributed by atoms with E-state index < -0.39 is 0 Å². The lowest BCUT2D eigenvalue weighted by Gasteiger charge is -2.14. The Hall–Kier alpha value is -6.25. The standard InChI is InChI=1S/C45H28N2/c1-2-12-30(13-3-1)45-41-28-44-40(27-39(41)36-18-8-10-20-42(36)46-45)37-19-9-11-21-43(37)47(44)32-24-22-29(23-25-32)38-26-31-14-4-5-15-33(31)34-16-6-7-17-35(34)38/h1-28H. The molecule has 0 radical (unpaired) electrons. The van der Waals surface area contributed by atoms with E-state index in [0.717, 1.165) is 27.8 Å². The fourth-order valence-corrected chi connectivity index (χ4v) is 7.59. The van der Waals surface area contributed by atoms with Gasteiger partial charge in [-0.1, -0.05) is 127 Å². The second kappa shape index (κ2) is 10.1. The summed E-state index contributed by atoms with van der Waals surface area (Å²) in [7, 11) is 0. The Labute approximate surface area is 271 Å². The number of rotatable bonds is 3. The minimum atomic E-state index is 1.01. The highest BCUT2D eigenvalue weighted by molar-refractivity contribution is 6.20. The number of benzene rings is 8. The first-order valence-electron chi connectivity index (χ1n) is 16.1. The Balaban J connectivity index is 1.23. The highest BCUT2D eigenvalue weighted by Gasteiger charge is 2.18. The van der Waals surface area contributed by atoms with Gasteiger partial charge in [-0.2, -0.15) is 0 Å². The average Bonchev–Trinajstić information content (AvgIpc) is 3.47. The molecule has 218 valence electrons. The van der Waals surface area contributed by atoms with Gasteiger partial charge in [0.2, 0.25) is 0 Å². The normalized spacial score (nSPS) is 11.8. The molecule has 2 heteroatoms. The average molecular weight is 597 g/mol. The predicted octanol–water partition coefficient (Wildman–Crippen LogP) is 12.1. The molecular weight excluding hydrogens is 569 g/mol. The van der Waals surface area contributed by atoms with Crippen LogP contribution in [-0.4, -0.2) is 9.55 Å². The highest BCUT2D eigenvalue weighted by Crippen LogP contribution is 2.41. The lowest BCUT2D eigenvalue weighted by atomic mass is 9.93. The Bertz CT molecular complexity index is 2830. The summed E-state index contributed by atoms with van der Waals surface area (Å²) in [6.07, 6.45) is 0. The molecule has 0 aliphatic carbocycles. The molecule has 0 aliphatic rings. The van der Waals surface area contributed by atoms with Crippen molar-refractivity contribution in [3.8, 4) is 28.1 Å². The van der Waals surface area contributed by atoms with E-state index in [2.05, 4.69) is 174 Å². The minimum Gasteiger partial charge on any atom is -0.309 e. The SMILES string of the molecule is c1ccc(-c2nc3ccccc3c3cc4c5ccccc5n(-c5ccc(-c6cc7ccccc7c7ccccc67)cc5)c4cc23)cc1. The predicted molar refractivity (Wildman–Crippen MR) is 199 cm³/mol. The molecule has 0 unspecified atom stereocenters. The summed E-state index contributed by atoms with van der Waals surface area (Å²) in [6, 6.07) is 61.4. The Morgan fingerprint density at radius 3 is 1.85 bits per heavy atom. The van der Waals surface area contributed by atoms with Crippen LogP contribution in [0.15, 0.2) is 170 Å². The van der Waals surface area contributed by atoms with Gasteiger partial charge in [0.05, 0.1) is 22.2 Å². The molecule has 0 N–H and O–H groups in total. The highest BCUT2D eigenvalue weighted by atomic mass is 15.0. The molecule has 8 aromatic carbocycles. The van der Waals surface area contributed by atoms with E-state index >= 15 is 0 Å². The van der Waals surface area contributed by atoms with E-state index in [1.54, 1.807) is 0 Å². The van der Waals surface area contributed by atoms with Crippen LogP contribution in [0.4, 0.5) is 0 Å². The molecule has 0 saturated carbocycles. The van der Waals surface area contributed by atoms with E-state index in [0.29, 0.717) is 0 Å². The van der Waals surface area contributed by atoms with Crippen LogP contribution in [0, 0.1) is 0 Å². The smallest absolute Gasteiger partial charge is 0.0788 e. The minimum absolute atomic E-state index is 1.01. The van der Waals surface area contributed by atoms with Crippen molar-refractivity contribution in [2.45, 2.75) is 0 Å². The third kappa shape index (κ3) is 3.95. The van der Waals surface area contributed by atoms with Crippen molar-refractivity contribution in [3.63, 3.8) is 0 Å². The zero-order chi connectivity index (χ0) is 30.9. The van der Waals surface area contributed by atoms with Crippen LogP contribution in [0.1, 0.15) is 0 Å². The number of aromatic nitrogens is 2. The van der Waals surface area contributed by atoms with Crippen LogP contribution in [0.25, 0.3) is 93.1 Å². The van der Waals surface area contributed by atoms with Gasteiger partial charge < -0.3 is 4.57 Å². The first-order chi connectivity index (χ1) is 23.3. The molecule has 0 atom stereocenters. The third-order valence-corrected chi connectivity index (χ3v) is 9.75. The van der Waals surface area contributed by atoms with Crippen LogP contribution in [0.3, 0.4) is 0 Å². The molecule has 47 heavy (non-hydrogen) atoms. The van der Waals surface area contributed by atoms with Crippen LogP contribution in [0.2, 0.25) is 0 Å². The number of hydrogen-bond donors (Lipinski definition) is 0. The van der Waals surface area contributed by atoms with Gasteiger partial charge in [-0.05, 0) is 80.5 Å². The van der Waals surface area contributed by atoms with Crippen LogP contribution in [-0.2, 0) is 0 Å². The molecule has 0 amide bonds. The molecular formula is C45H28N2. The lowest BCUT2D eigenvalue weighted by molar-refractivity contribution is 1.18. The number of fused-ring (bicyclic) bond motifs is 9. The summed E-state index contributed by atoms with van der Waals surface area (Å²) >= 11 is 0. The van der Waals surface area contributed by atoms with Crippen LogP contribution >= 0.6 is 0 Å². The van der Waals surface area contributed by atoms with Crippen LogP contribution < -0.4 is 0 Å². The molecule has 2 aromatic heterocycles. The second-order valence-corrected chi connectivity index (χ2v) is 12.3. The maximum atomic E-state index is 5.22. The summed E-state index contributed by atoms with van der Waals surface area (Å²) in [5, 5.41) is 11.2. The van der Waals surface area contributed by atoms with Crippen molar-refractivity contribution >= 4 is 65.0 Å². The van der Waals surface area contributed by atoms with Crippen molar-refractivity contribution in [1.29, 1.82) is 0 Å². The number of para-hydroxylation sites is 2. The molecule has 0 fully saturated rings. The Morgan fingerprint density at radius 1 is 0.362 bits per heavy atom. The van der Waals surface area contributed by atoms with E-state index in [1.807, 2.05) is 0 Å². The zero-order valence-electron chi connectivity index (χ0n) is 25.6. The molecule has 0 saturated heterocycles. The topological polar surface area (TPSA) is 17.8 Å². The van der Waals surface area contributed by atoms with E-state index in [-0.39, 0.29) is 0 Å². The lowest BCUT2D eigenvalue weighted by Crippen LogP contribution is -1.95. The zero-order valence-corrected chi connectivity index (χ0v) is 25.6. The monoisotopic (exact) mass is 596 g/mol. The second-order valence-electron chi connectivity index (χ2n) is 12.3. The fourth-order valence-electron chi connectivity index (χ4n) is 7.59.